The predicted molar refractivity (Wildman–Crippen MR) is 82.4 cm³/mol. The van der Waals surface area contributed by atoms with E-state index in [1.54, 1.807) is 0 Å². The van der Waals surface area contributed by atoms with Crippen molar-refractivity contribution < 1.29 is 9.53 Å². The van der Waals surface area contributed by atoms with Crippen molar-refractivity contribution in [2.24, 2.45) is 5.92 Å². The van der Waals surface area contributed by atoms with Crippen LogP contribution < -0.4 is 15.4 Å². The zero-order chi connectivity index (χ0) is 14.7. The molecule has 1 heterocycles. The Morgan fingerprint density at radius 3 is 3.00 bits per heavy atom. The number of fused-ring (bicyclic) bond motifs is 1. The van der Waals surface area contributed by atoms with Crippen LogP contribution in [0.4, 0.5) is 0 Å². The number of ether oxygens (including phenoxy) is 1. The molecule has 4 heteroatoms. The van der Waals surface area contributed by atoms with E-state index < -0.39 is 0 Å². The van der Waals surface area contributed by atoms with Gasteiger partial charge in [-0.25, -0.2) is 0 Å². The Hall–Kier alpha value is -1.55. The molecule has 2 N–H and O–H groups in total. The van der Waals surface area contributed by atoms with E-state index in [2.05, 4.69) is 35.8 Å². The van der Waals surface area contributed by atoms with Gasteiger partial charge in [-0.1, -0.05) is 19.1 Å². The first-order valence-corrected chi connectivity index (χ1v) is 8.04. The Balaban J connectivity index is 1.49. The average Bonchev–Trinajstić information content (AvgIpc) is 3.25. The van der Waals surface area contributed by atoms with Gasteiger partial charge in [0.15, 0.2) is 0 Å². The molecule has 4 nitrogen and oxygen atoms in total. The zero-order valence-corrected chi connectivity index (χ0v) is 12.7. The number of rotatable bonds is 7. The summed E-state index contributed by atoms with van der Waals surface area (Å²) >= 11 is 0. The van der Waals surface area contributed by atoms with Gasteiger partial charge in [0.1, 0.15) is 5.75 Å². The van der Waals surface area contributed by atoms with Gasteiger partial charge >= 0.3 is 0 Å². The lowest BCUT2D eigenvalue weighted by Crippen LogP contribution is -2.34. The van der Waals surface area contributed by atoms with E-state index in [0.717, 1.165) is 44.6 Å². The summed E-state index contributed by atoms with van der Waals surface area (Å²) in [6, 6.07) is 6.82. The smallest absolute Gasteiger partial charge is 0.223 e. The number of carbonyl (C=O) groups excluding carboxylic acids is 1. The molecule has 2 aliphatic rings. The Labute approximate surface area is 126 Å². The highest BCUT2D eigenvalue weighted by Gasteiger charge is 2.29. The lowest BCUT2D eigenvalue weighted by atomic mass is 10.0. The number of carbonyl (C=O) groups is 1. The summed E-state index contributed by atoms with van der Waals surface area (Å²) in [5.41, 5.74) is 2.63. The van der Waals surface area contributed by atoms with E-state index in [0.29, 0.717) is 18.5 Å². The third-order valence-corrected chi connectivity index (χ3v) is 4.29. The highest BCUT2D eigenvalue weighted by atomic mass is 16.5. The SMILES string of the molecule is CCC(NCCNC(=O)C1CC1)c1ccc2c(c1)CCO2. The molecular formula is C17H24N2O2. The van der Waals surface area contributed by atoms with Crippen molar-refractivity contribution in [3.63, 3.8) is 0 Å². The molecule has 0 radical (unpaired) electrons. The zero-order valence-electron chi connectivity index (χ0n) is 12.7. The van der Waals surface area contributed by atoms with Crippen LogP contribution in [0.15, 0.2) is 18.2 Å². The van der Waals surface area contributed by atoms with Crippen LogP contribution in [0.2, 0.25) is 0 Å². The normalized spacial score (nSPS) is 18.0. The molecule has 1 aromatic rings. The molecule has 0 saturated heterocycles. The molecule has 0 bridgehead atoms. The first-order valence-electron chi connectivity index (χ1n) is 8.04. The summed E-state index contributed by atoms with van der Waals surface area (Å²) < 4.78 is 5.55. The highest BCUT2D eigenvalue weighted by Crippen LogP contribution is 2.29. The molecule has 1 aromatic carbocycles. The Kier molecular flexibility index (Phi) is 4.44. The quantitative estimate of drug-likeness (QED) is 0.756. The van der Waals surface area contributed by atoms with Gasteiger partial charge < -0.3 is 15.4 Å². The molecule has 1 saturated carbocycles. The van der Waals surface area contributed by atoms with E-state index in [1.165, 1.54) is 11.1 Å². The van der Waals surface area contributed by atoms with Gasteiger partial charge in [0, 0.05) is 31.5 Å². The minimum Gasteiger partial charge on any atom is -0.493 e. The third kappa shape index (κ3) is 3.56. The minimum atomic E-state index is 0.222. The molecule has 1 fully saturated rings. The molecular weight excluding hydrogens is 264 g/mol. The second-order valence-electron chi connectivity index (χ2n) is 5.95. The molecule has 1 aliphatic heterocycles. The summed E-state index contributed by atoms with van der Waals surface area (Å²) in [7, 11) is 0. The minimum absolute atomic E-state index is 0.222. The van der Waals surface area contributed by atoms with Crippen molar-refractivity contribution in [1.29, 1.82) is 0 Å². The standard InChI is InChI=1S/C17H24N2O2/c1-2-15(18-8-9-19-17(20)12-3-4-12)13-5-6-16-14(11-13)7-10-21-16/h5-6,11-12,15,18H,2-4,7-10H2,1H3,(H,19,20). The number of hydrogen-bond acceptors (Lipinski definition) is 3. The van der Waals surface area contributed by atoms with Gasteiger partial charge in [-0.2, -0.15) is 0 Å². The fourth-order valence-corrected chi connectivity index (χ4v) is 2.84. The lowest BCUT2D eigenvalue weighted by Gasteiger charge is -2.18. The molecule has 0 spiro atoms. The average molecular weight is 288 g/mol. The van der Waals surface area contributed by atoms with Gasteiger partial charge in [-0.05, 0) is 36.5 Å². The molecule has 21 heavy (non-hydrogen) atoms. The van der Waals surface area contributed by atoms with Crippen LogP contribution >= 0.6 is 0 Å². The fourth-order valence-electron chi connectivity index (χ4n) is 2.84. The van der Waals surface area contributed by atoms with Crippen LogP contribution in [0.5, 0.6) is 5.75 Å². The molecule has 1 aliphatic carbocycles. The van der Waals surface area contributed by atoms with Crippen LogP contribution in [-0.4, -0.2) is 25.6 Å². The van der Waals surface area contributed by atoms with Crippen LogP contribution in [0, 0.1) is 5.92 Å². The number of nitrogens with one attached hydrogen (secondary N) is 2. The van der Waals surface area contributed by atoms with Crippen LogP contribution in [0.25, 0.3) is 0 Å². The molecule has 0 aromatic heterocycles. The Morgan fingerprint density at radius 2 is 2.24 bits per heavy atom. The molecule has 114 valence electrons. The first-order chi connectivity index (χ1) is 10.3. The van der Waals surface area contributed by atoms with Crippen molar-refractivity contribution in [2.45, 2.75) is 38.6 Å². The number of benzene rings is 1. The highest BCUT2D eigenvalue weighted by molar-refractivity contribution is 5.80. The third-order valence-electron chi connectivity index (χ3n) is 4.29. The van der Waals surface area contributed by atoms with Gasteiger partial charge in [0.2, 0.25) is 5.91 Å². The summed E-state index contributed by atoms with van der Waals surface area (Å²) in [5, 5.41) is 6.53. The topological polar surface area (TPSA) is 50.4 Å². The monoisotopic (exact) mass is 288 g/mol. The largest absolute Gasteiger partial charge is 0.493 e. The first kappa shape index (κ1) is 14.4. The second kappa shape index (κ2) is 6.48. The Morgan fingerprint density at radius 1 is 1.38 bits per heavy atom. The molecule has 3 rings (SSSR count). The van der Waals surface area contributed by atoms with Crippen LogP contribution in [0.3, 0.4) is 0 Å². The summed E-state index contributed by atoms with van der Waals surface area (Å²) in [6.07, 6.45) is 4.18. The van der Waals surface area contributed by atoms with E-state index in [9.17, 15) is 4.79 Å². The maximum absolute atomic E-state index is 11.6. The second-order valence-corrected chi connectivity index (χ2v) is 5.95. The summed E-state index contributed by atoms with van der Waals surface area (Å²) in [6.45, 7) is 4.50. The maximum atomic E-state index is 11.6. The van der Waals surface area contributed by atoms with Gasteiger partial charge in [0.05, 0.1) is 6.61 Å². The van der Waals surface area contributed by atoms with Gasteiger partial charge in [-0.3, -0.25) is 4.79 Å². The van der Waals surface area contributed by atoms with Crippen molar-refractivity contribution >= 4 is 5.91 Å². The number of amides is 1. The summed E-state index contributed by atoms with van der Waals surface area (Å²) in [5.74, 6) is 1.55. The van der Waals surface area contributed by atoms with Gasteiger partial charge in [-0.15, -0.1) is 0 Å². The van der Waals surface area contributed by atoms with Crippen molar-refractivity contribution in [3.05, 3.63) is 29.3 Å². The van der Waals surface area contributed by atoms with E-state index >= 15 is 0 Å². The van der Waals surface area contributed by atoms with Gasteiger partial charge in [0.25, 0.3) is 0 Å². The molecule has 1 unspecified atom stereocenters. The fraction of sp³-hybridized carbons (Fsp3) is 0.588. The Bertz CT molecular complexity index is 512. The predicted octanol–water partition coefficient (Wildman–Crippen LogP) is 2.19. The molecule has 1 atom stereocenters. The number of hydrogen-bond donors (Lipinski definition) is 2. The lowest BCUT2D eigenvalue weighted by molar-refractivity contribution is -0.122. The van der Waals surface area contributed by atoms with Crippen LogP contribution in [0.1, 0.15) is 43.4 Å². The molecule has 1 amide bonds. The van der Waals surface area contributed by atoms with E-state index in [1.807, 2.05) is 0 Å². The van der Waals surface area contributed by atoms with Crippen molar-refractivity contribution in [2.75, 3.05) is 19.7 Å². The van der Waals surface area contributed by atoms with E-state index in [4.69, 9.17) is 4.74 Å². The van der Waals surface area contributed by atoms with Crippen LogP contribution in [-0.2, 0) is 11.2 Å². The maximum Gasteiger partial charge on any atom is 0.223 e. The van der Waals surface area contributed by atoms with Crippen molar-refractivity contribution in [3.8, 4) is 5.75 Å². The van der Waals surface area contributed by atoms with E-state index in [-0.39, 0.29) is 5.91 Å². The summed E-state index contributed by atoms with van der Waals surface area (Å²) in [4.78, 5) is 11.6. The van der Waals surface area contributed by atoms with Crippen molar-refractivity contribution in [1.82, 2.24) is 10.6 Å².